The molecule has 0 N–H and O–H groups in total. The van der Waals surface area contributed by atoms with E-state index in [0.29, 0.717) is 6.04 Å². The number of hydrogen-bond donors (Lipinski definition) is 0. The summed E-state index contributed by atoms with van der Waals surface area (Å²) >= 11 is 1.71. The highest BCUT2D eigenvalue weighted by Crippen LogP contribution is 2.25. The number of anilines is 1. The molecule has 0 atom stereocenters. The monoisotopic (exact) mass is 371 g/mol. The Balaban J connectivity index is 1.45. The minimum Gasteiger partial charge on any atom is -0.352 e. The molecule has 138 valence electrons. The van der Waals surface area contributed by atoms with Crippen LogP contribution in [0.5, 0.6) is 0 Å². The van der Waals surface area contributed by atoms with Gasteiger partial charge in [0.2, 0.25) is 0 Å². The molecule has 1 aliphatic heterocycles. The van der Waals surface area contributed by atoms with Crippen molar-refractivity contribution in [1.29, 1.82) is 0 Å². The molecule has 0 bridgehead atoms. The molecular formula is C18H25N7S. The number of hydrogen-bond acceptors (Lipinski definition) is 7. The lowest BCUT2D eigenvalue weighted by molar-refractivity contribution is 0.195. The molecule has 4 heterocycles. The SMILES string of the molecule is Cc1nc(CN(C)C2CN(c3ccc4nnc(C(C)(C)C)n4n3)C2)cs1. The van der Waals surface area contributed by atoms with Gasteiger partial charge in [-0.25, -0.2) is 4.98 Å². The summed E-state index contributed by atoms with van der Waals surface area (Å²) in [6.07, 6.45) is 0. The van der Waals surface area contributed by atoms with Crippen LogP contribution in [0.4, 0.5) is 5.82 Å². The third-order valence-electron chi connectivity index (χ3n) is 4.81. The van der Waals surface area contributed by atoms with Crippen LogP contribution < -0.4 is 4.90 Å². The first-order chi connectivity index (χ1) is 12.3. The van der Waals surface area contributed by atoms with Crippen LogP contribution in [0.3, 0.4) is 0 Å². The van der Waals surface area contributed by atoms with Crippen molar-refractivity contribution in [2.45, 2.75) is 45.7 Å². The lowest BCUT2D eigenvalue weighted by Gasteiger charge is -2.44. The highest BCUT2D eigenvalue weighted by atomic mass is 32.1. The normalized spacial score (nSPS) is 15.8. The molecule has 0 saturated carbocycles. The van der Waals surface area contributed by atoms with Crippen LogP contribution >= 0.6 is 11.3 Å². The Bertz CT molecular complexity index is 917. The van der Waals surface area contributed by atoms with Crippen LogP contribution in [0.25, 0.3) is 5.65 Å². The molecule has 26 heavy (non-hydrogen) atoms. The third kappa shape index (κ3) is 3.19. The first-order valence-corrected chi connectivity index (χ1v) is 9.78. The molecule has 1 aliphatic rings. The fourth-order valence-electron chi connectivity index (χ4n) is 3.20. The Kier molecular flexibility index (Phi) is 4.19. The van der Waals surface area contributed by atoms with Crippen molar-refractivity contribution in [3.05, 3.63) is 34.0 Å². The summed E-state index contributed by atoms with van der Waals surface area (Å²) in [7, 11) is 2.17. The molecule has 1 saturated heterocycles. The number of likely N-dealkylation sites (N-methyl/N-ethyl adjacent to an activating group) is 1. The quantitative estimate of drug-likeness (QED) is 0.702. The van der Waals surface area contributed by atoms with Crippen LogP contribution in [-0.4, -0.2) is 55.9 Å². The molecular weight excluding hydrogens is 346 g/mol. The smallest absolute Gasteiger partial charge is 0.178 e. The second-order valence-electron chi connectivity index (χ2n) is 8.07. The number of thiazole rings is 1. The zero-order valence-electron chi connectivity index (χ0n) is 16.0. The highest BCUT2D eigenvalue weighted by molar-refractivity contribution is 7.09. The Labute approximate surface area is 157 Å². The van der Waals surface area contributed by atoms with E-state index >= 15 is 0 Å². The Morgan fingerprint density at radius 3 is 2.65 bits per heavy atom. The van der Waals surface area contributed by atoms with E-state index in [-0.39, 0.29) is 5.41 Å². The van der Waals surface area contributed by atoms with Gasteiger partial charge in [0.15, 0.2) is 11.5 Å². The second kappa shape index (κ2) is 6.28. The minimum absolute atomic E-state index is 0.0889. The summed E-state index contributed by atoms with van der Waals surface area (Å²) in [6, 6.07) is 4.56. The van der Waals surface area contributed by atoms with Gasteiger partial charge in [0.25, 0.3) is 0 Å². The van der Waals surface area contributed by atoms with Crippen LogP contribution in [0.1, 0.15) is 37.3 Å². The minimum atomic E-state index is -0.0889. The van der Waals surface area contributed by atoms with Crippen molar-refractivity contribution in [2.75, 3.05) is 25.0 Å². The van der Waals surface area contributed by atoms with E-state index in [1.54, 1.807) is 11.3 Å². The Morgan fingerprint density at radius 2 is 2.00 bits per heavy atom. The maximum Gasteiger partial charge on any atom is 0.178 e. The average molecular weight is 372 g/mol. The van der Waals surface area contributed by atoms with Crippen molar-refractivity contribution in [1.82, 2.24) is 29.7 Å². The summed E-state index contributed by atoms with van der Waals surface area (Å²) in [4.78, 5) is 9.25. The van der Waals surface area contributed by atoms with Gasteiger partial charge in [-0.2, -0.15) is 4.52 Å². The summed E-state index contributed by atoms with van der Waals surface area (Å²) in [5.41, 5.74) is 1.87. The Hall–Kier alpha value is -2.06. The molecule has 3 aromatic heterocycles. The van der Waals surface area contributed by atoms with Crippen molar-refractivity contribution < 1.29 is 0 Å². The van der Waals surface area contributed by atoms with Crippen LogP contribution in [0.15, 0.2) is 17.5 Å². The molecule has 0 unspecified atom stereocenters. The maximum absolute atomic E-state index is 4.79. The van der Waals surface area contributed by atoms with Gasteiger partial charge in [0, 0.05) is 36.5 Å². The predicted octanol–water partition coefficient (Wildman–Crippen LogP) is 2.51. The van der Waals surface area contributed by atoms with Gasteiger partial charge in [0.05, 0.1) is 10.7 Å². The molecule has 3 aromatic rings. The topological polar surface area (TPSA) is 62.5 Å². The lowest BCUT2D eigenvalue weighted by Crippen LogP contribution is -2.58. The fraction of sp³-hybridized carbons (Fsp3) is 0.556. The Morgan fingerprint density at radius 1 is 1.23 bits per heavy atom. The fourth-order valence-corrected chi connectivity index (χ4v) is 3.81. The summed E-state index contributed by atoms with van der Waals surface area (Å²) in [5.74, 6) is 1.87. The lowest BCUT2D eigenvalue weighted by atomic mass is 9.96. The molecule has 4 rings (SSSR count). The number of aryl methyl sites for hydroxylation is 1. The molecule has 8 heteroatoms. The standard InChI is InChI=1S/C18H25N7S/c1-12-19-13(11-26-12)8-23(5)14-9-24(10-14)16-7-6-15-20-21-17(18(2,3)4)25(15)22-16/h6-7,11,14H,8-10H2,1-5H3. The van der Waals surface area contributed by atoms with Gasteiger partial charge in [-0.05, 0) is 26.1 Å². The predicted molar refractivity (Wildman–Crippen MR) is 104 cm³/mol. The van der Waals surface area contributed by atoms with Gasteiger partial charge < -0.3 is 4.90 Å². The third-order valence-corrected chi connectivity index (χ3v) is 5.63. The number of nitrogens with zero attached hydrogens (tertiary/aromatic N) is 7. The maximum atomic E-state index is 4.79. The molecule has 0 aromatic carbocycles. The van der Waals surface area contributed by atoms with Crippen molar-refractivity contribution >= 4 is 22.8 Å². The second-order valence-corrected chi connectivity index (χ2v) is 9.13. The van der Waals surface area contributed by atoms with Gasteiger partial charge in [-0.1, -0.05) is 20.8 Å². The number of fused-ring (bicyclic) bond motifs is 1. The molecule has 0 spiro atoms. The zero-order chi connectivity index (χ0) is 18.5. The van der Waals surface area contributed by atoms with Crippen molar-refractivity contribution in [3.63, 3.8) is 0 Å². The van der Waals surface area contributed by atoms with Crippen molar-refractivity contribution in [2.24, 2.45) is 0 Å². The summed E-state index contributed by atoms with van der Waals surface area (Å²) in [6.45, 7) is 11.3. The van der Waals surface area contributed by atoms with Crippen molar-refractivity contribution in [3.8, 4) is 0 Å². The van der Waals surface area contributed by atoms with E-state index in [4.69, 9.17) is 5.10 Å². The van der Waals surface area contributed by atoms with Crippen LogP contribution in [0.2, 0.25) is 0 Å². The van der Waals surface area contributed by atoms with E-state index in [2.05, 4.69) is 65.1 Å². The van der Waals surface area contributed by atoms with Gasteiger partial charge in [-0.3, -0.25) is 4.90 Å². The van der Waals surface area contributed by atoms with Gasteiger partial charge in [0.1, 0.15) is 5.82 Å². The van der Waals surface area contributed by atoms with E-state index in [1.165, 1.54) is 0 Å². The number of aromatic nitrogens is 5. The number of rotatable bonds is 4. The molecule has 0 amide bonds. The van der Waals surface area contributed by atoms with Gasteiger partial charge >= 0.3 is 0 Å². The first kappa shape index (κ1) is 17.4. The average Bonchev–Trinajstić information content (AvgIpc) is 3.11. The summed E-state index contributed by atoms with van der Waals surface area (Å²) in [5, 5.41) is 16.6. The van der Waals surface area contributed by atoms with Gasteiger partial charge in [-0.15, -0.1) is 26.6 Å². The van der Waals surface area contributed by atoms with E-state index < -0.39 is 0 Å². The largest absolute Gasteiger partial charge is 0.352 e. The van der Waals surface area contributed by atoms with Crippen LogP contribution in [-0.2, 0) is 12.0 Å². The molecule has 0 radical (unpaired) electrons. The van der Waals surface area contributed by atoms with E-state index in [9.17, 15) is 0 Å². The first-order valence-electron chi connectivity index (χ1n) is 8.90. The summed E-state index contributed by atoms with van der Waals surface area (Å²) < 4.78 is 1.88. The molecule has 0 aliphatic carbocycles. The van der Waals surface area contributed by atoms with E-state index in [0.717, 1.165) is 47.6 Å². The highest BCUT2D eigenvalue weighted by Gasteiger charge is 2.32. The molecule has 7 nitrogen and oxygen atoms in total. The zero-order valence-corrected chi connectivity index (χ0v) is 16.8. The van der Waals surface area contributed by atoms with Crippen LogP contribution in [0, 0.1) is 6.92 Å². The van der Waals surface area contributed by atoms with E-state index in [1.807, 2.05) is 16.6 Å². The molecule has 1 fully saturated rings.